The Morgan fingerprint density at radius 1 is 1.37 bits per heavy atom. The molecule has 0 atom stereocenters. The summed E-state index contributed by atoms with van der Waals surface area (Å²) in [5.74, 6) is -3.74. The Balaban J connectivity index is 3.37. The summed E-state index contributed by atoms with van der Waals surface area (Å²) in [6.45, 7) is 1.25. The van der Waals surface area contributed by atoms with E-state index >= 15 is 0 Å². The van der Waals surface area contributed by atoms with Gasteiger partial charge >= 0.3 is 12.1 Å². The molecule has 0 aliphatic rings. The van der Waals surface area contributed by atoms with Crippen LogP contribution in [0, 0.1) is 0 Å². The van der Waals surface area contributed by atoms with Crippen molar-refractivity contribution in [1.29, 1.82) is 0 Å². The molecule has 0 heterocycles. The number of Topliss-reactive ketones (excluding diaryl/α,β-unsaturated/α-hetero) is 1. The first kappa shape index (κ1) is 15.3. The van der Waals surface area contributed by atoms with Gasteiger partial charge in [0.15, 0.2) is 0 Å². The Bertz CT molecular complexity index is 525. The third-order valence-corrected chi connectivity index (χ3v) is 2.40. The highest BCUT2D eigenvalue weighted by atomic mass is 35.5. The van der Waals surface area contributed by atoms with E-state index in [1.165, 1.54) is 6.92 Å². The van der Waals surface area contributed by atoms with Crippen LogP contribution in [0.3, 0.4) is 0 Å². The van der Waals surface area contributed by atoms with Crippen LogP contribution in [0.25, 0.3) is 0 Å². The molecule has 0 unspecified atom stereocenters. The van der Waals surface area contributed by atoms with Crippen LogP contribution >= 0.6 is 11.6 Å². The first-order valence-corrected chi connectivity index (χ1v) is 5.37. The van der Waals surface area contributed by atoms with Gasteiger partial charge in [0.1, 0.15) is 5.75 Å². The molecule has 4 nitrogen and oxygen atoms in total. The highest BCUT2D eigenvalue weighted by Gasteiger charge is 2.38. The number of ether oxygens (including phenoxy) is 1. The fourth-order valence-corrected chi connectivity index (χ4v) is 1.45. The number of halogens is 4. The van der Waals surface area contributed by atoms with Crippen LogP contribution in [0.2, 0.25) is 5.02 Å². The SMILES string of the molecule is CCOC(=O)C(=O)c1cc(Cl)c(O)cc1C(F)(F)F. The molecule has 0 aromatic heterocycles. The zero-order chi connectivity index (χ0) is 14.8. The number of esters is 1. The third kappa shape index (κ3) is 3.37. The van der Waals surface area contributed by atoms with E-state index in [1.54, 1.807) is 0 Å². The smallest absolute Gasteiger partial charge is 0.417 e. The summed E-state index contributed by atoms with van der Waals surface area (Å²) in [6, 6.07) is 0.869. The molecular formula is C11H8ClF3O4. The average molecular weight is 297 g/mol. The van der Waals surface area contributed by atoms with E-state index in [0.29, 0.717) is 6.07 Å². The molecule has 104 valence electrons. The van der Waals surface area contributed by atoms with Crippen LogP contribution in [0.1, 0.15) is 22.8 Å². The Morgan fingerprint density at radius 2 is 1.95 bits per heavy atom. The number of carbonyl (C=O) groups is 2. The standard InChI is InChI=1S/C11H8ClF3O4/c1-2-19-10(18)9(17)5-3-7(12)8(16)4-6(5)11(13,14)15/h3-4,16H,2H2,1H3. The van der Waals surface area contributed by atoms with E-state index < -0.39 is 39.8 Å². The Kier molecular flexibility index (Phi) is 4.41. The molecule has 0 aliphatic carbocycles. The van der Waals surface area contributed by atoms with Crippen LogP contribution in [-0.2, 0) is 15.7 Å². The van der Waals surface area contributed by atoms with Crippen LogP contribution in [0.15, 0.2) is 12.1 Å². The lowest BCUT2D eigenvalue weighted by Crippen LogP contribution is -2.21. The summed E-state index contributed by atoms with van der Waals surface area (Å²) in [6.07, 6.45) is -4.92. The lowest BCUT2D eigenvalue weighted by atomic mass is 10.0. The van der Waals surface area contributed by atoms with E-state index in [-0.39, 0.29) is 12.7 Å². The van der Waals surface area contributed by atoms with Gasteiger partial charge in [-0.05, 0) is 19.1 Å². The largest absolute Gasteiger partial charge is 0.506 e. The molecule has 0 bridgehead atoms. The molecule has 8 heteroatoms. The molecule has 0 fully saturated rings. The number of hydrogen-bond donors (Lipinski definition) is 1. The lowest BCUT2D eigenvalue weighted by Gasteiger charge is -2.12. The molecule has 0 spiro atoms. The van der Waals surface area contributed by atoms with Gasteiger partial charge in [-0.3, -0.25) is 4.79 Å². The highest BCUT2D eigenvalue weighted by Crippen LogP contribution is 2.37. The van der Waals surface area contributed by atoms with Gasteiger partial charge in [-0.15, -0.1) is 0 Å². The predicted molar refractivity (Wildman–Crippen MR) is 59.1 cm³/mol. The van der Waals surface area contributed by atoms with Crippen molar-refractivity contribution in [2.75, 3.05) is 6.61 Å². The summed E-state index contributed by atoms with van der Waals surface area (Å²) in [4.78, 5) is 22.7. The van der Waals surface area contributed by atoms with Crippen molar-refractivity contribution >= 4 is 23.4 Å². The summed E-state index contributed by atoms with van der Waals surface area (Å²) in [5.41, 5.74) is -2.42. The van der Waals surface area contributed by atoms with Crippen molar-refractivity contribution in [3.63, 3.8) is 0 Å². The minimum absolute atomic E-state index is 0.155. The fraction of sp³-hybridized carbons (Fsp3) is 0.273. The van der Waals surface area contributed by atoms with Gasteiger partial charge in [-0.25, -0.2) is 4.79 Å². The van der Waals surface area contributed by atoms with Crippen LogP contribution in [-0.4, -0.2) is 23.5 Å². The van der Waals surface area contributed by atoms with Gasteiger partial charge < -0.3 is 9.84 Å². The van der Waals surface area contributed by atoms with E-state index in [0.717, 1.165) is 0 Å². The van der Waals surface area contributed by atoms with E-state index in [9.17, 15) is 22.8 Å². The molecule has 0 radical (unpaired) electrons. The number of alkyl halides is 3. The van der Waals surface area contributed by atoms with Gasteiger partial charge in [-0.1, -0.05) is 11.6 Å². The molecule has 0 saturated heterocycles. The first-order valence-electron chi connectivity index (χ1n) is 4.99. The molecule has 0 aliphatic heterocycles. The van der Waals surface area contributed by atoms with Gasteiger partial charge in [0.2, 0.25) is 0 Å². The van der Waals surface area contributed by atoms with Gasteiger partial charge in [0, 0.05) is 5.56 Å². The van der Waals surface area contributed by atoms with Crippen LogP contribution in [0.5, 0.6) is 5.75 Å². The molecule has 1 rings (SSSR count). The van der Waals surface area contributed by atoms with Crippen LogP contribution in [0.4, 0.5) is 13.2 Å². The summed E-state index contributed by atoms with van der Waals surface area (Å²) >= 11 is 5.44. The molecule has 1 N–H and O–H groups in total. The first-order chi connectivity index (χ1) is 8.68. The topological polar surface area (TPSA) is 63.6 Å². The zero-order valence-electron chi connectivity index (χ0n) is 9.55. The molecule has 1 aromatic rings. The Hall–Kier alpha value is -1.76. The number of carbonyl (C=O) groups excluding carboxylic acids is 2. The third-order valence-electron chi connectivity index (χ3n) is 2.10. The van der Waals surface area contributed by atoms with Crippen molar-refractivity contribution < 1.29 is 32.6 Å². The minimum Gasteiger partial charge on any atom is -0.506 e. The summed E-state index contributed by atoms with van der Waals surface area (Å²) in [5, 5.41) is 8.68. The number of phenolic OH excluding ortho intramolecular Hbond substituents is 1. The quantitative estimate of drug-likeness (QED) is 0.529. The van der Waals surface area contributed by atoms with Crippen molar-refractivity contribution in [2.45, 2.75) is 13.1 Å². The van der Waals surface area contributed by atoms with Crippen LogP contribution < -0.4 is 0 Å². The van der Waals surface area contributed by atoms with Crippen molar-refractivity contribution in [3.05, 3.63) is 28.3 Å². The number of aromatic hydroxyl groups is 1. The Labute approximate surface area is 110 Å². The van der Waals surface area contributed by atoms with Crippen molar-refractivity contribution in [2.24, 2.45) is 0 Å². The number of rotatable bonds is 3. The highest BCUT2D eigenvalue weighted by molar-refractivity contribution is 6.42. The van der Waals surface area contributed by atoms with Crippen molar-refractivity contribution in [3.8, 4) is 5.75 Å². The number of ketones is 1. The second-order valence-corrected chi connectivity index (χ2v) is 3.80. The molecule has 0 saturated carbocycles. The zero-order valence-corrected chi connectivity index (χ0v) is 10.3. The average Bonchev–Trinajstić information content (AvgIpc) is 2.30. The maximum Gasteiger partial charge on any atom is 0.417 e. The number of phenols is 1. The summed E-state index contributed by atoms with van der Waals surface area (Å²) in [7, 11) is 0. The van der Waals surface area contributed by atoms with E-state index in [4.69, 9.17) is 16.7 Å². The number of hydrogen-bond acceptors (Lipinski definition) is 4. The molecule has 1 aromatic carbocycles. The monoisotopic (exact) mass is 296 g/mol. The van der Waals surface area contributed by atoms with Gasteiger partial charge in [0.05, 0.1) is 17.2 Å². The molecule has 0 amide bonds. The maximum atomic E-state index is 12.7. The van der Waals surface area contributed by atoms with Gasteiger partial charge in [0.25, 0.3) is 5.78 Å². The minimum atomic E-state index is -4.92. The summed E-state index contributed by atoms with van der Waals surface area (Å²) < 4.78 is 42.5. The van der Waals surface area contributed by atoms with E-state index in [2.05, 4.69) is 4.74 Å². The second kappa shape index (κ2) is 5.48. The second-order valence-electron chi connectivity index (χ2n) is 3.40. The van der Waals surface area contributed by atoms with Crippen molar-refractivity contribution in [1.82, 2.24) is 0 Å². The fourth-order valence-electron chi connectivity index (χ4n) is 1.29. The number of benzene rings is 1. The van der Waals surface area contributed by atoms with Gasteiger partial charge in [-0.2, -0.15) is 13.2 Å². The molecular weight excluding hydrogens is 289 g/mol. The molecule has 19 heavy (non-hydrogen) atoms. The maximum absolute atomic E-state index is 12.7. The normalized spacial score (nSPS) is 11.2. The van der Waals surface area contributed by atoms with E-state index in [1.807, 2.05) is 0 Å². The predicted octanol–water partition coefficient (Wildman–Crippen LogP) is 2.81. The lowest BCUT2D eigenvalue weighted by molar-refractivity contribution is -0.139. The Morgan fingerprint density at radius 3 is 2.42 bits per heavy atom.